The SMILES string of the molecule is NC1=NC(=O)[C@@H](CC(=O)Nc2ccc(SC(F)(F)C(F)(F)C(F)(F)F)cc2)S1. The van der Waals surface area contributed by atoms with E-state index in [1.807, 2.05) is 0 Å². The predicted octanol–water partition coefficient (Wildman–Crippen LogP) is 3.85. The van der Waals surface area contributed by atoms with Crippen LogP contribution in [0.5, 0.6) is 0 Å². The fourth-order valence-corrected chi connectivity index (χ4v) is 3.53. The van der Waals surface area contributed by atoms with Crippen molar-refractivity contribution in [3.8, 4) is 0 Å². The Morgan fingerprint density at radius 2 is 1.71 bits per heavy atom. The van der Waals surface area contributed by atoms with Crippen LogP contribution in [0.1, 0.15) is 6.42 Å². The number of nitrogens with one attached hydrogen (secondary N) is 1. The average Bonchev–Trinajstić information content (AvgIpc) is 2.85. The molecule has 0 saturated heterocycles. The molecule has 14 heteroatoms. The van der Waals surface area contributed by atoms with Gasteiger partial charge in [-0.25, -0.2) is 0 Å². The van der Waals surface area contributed by atoms with Crippen molar-refractivity contribution in [2.75, 3.05) is 5.32 Å². The number of nitrogens with two attached hydrogens (primary N) is 1. The van der Waals surface area contributed by atoms with Crippen molar-refractivity contribution in [2.24, 2.45) is 10.7 Å². The van der Waals surface area contributed by atoms with E-state index in [1.54, 1.807) is 0 Å². The first-order valence-corrected chi connectivity index (χ1v) is 8.88. The number of hydrogen-bond donors (Lipinski definition) is 2. The lowest BCUT2D eigenvalue weighted by Gasteiger charge is -2.27. The molecule has 1 aromatic rings. The van der Waals surface area contributed by atoms with Gasteiger partial charge in [0.1, 0.15) is 5.25 Å². The topological polar surface area (TPSA) is 84.5 Å². The van der Waals surface area contributed by atoms with E-state index in [4.69, 9.17) is 5.73 Å². The van der Waals surface area contributed by atoms with Gasteiger partial charge in [-0.2, -0.15) is 35.7 Å². The van der Waals surface area contributed by atoms with Crippen LogP contribution in [0.25, 0.3) is 0 Å². The molecule has 1 aliphatic rings. The van der Waals surface area contributed by atoms with Crippen LogP contribution < -0.4 is 11.1 Å². The first-order chi connectivity index (χ1) is 12.7. The molecule has 154 valence electrons. The van der Waals surface area contributed by atoms with Gasteiger partial charge >= 0.3 is 17.4 Å². The van der Waals surface area contributed by atoms with Crippen molar-refractivity contribution in [2.45, 2.75) is 33.9 Å². The maximum atomic E-state index is 13.4. The standard InChI is InChI=1S/C14H10F7N3O2S2/c15-12(16,13(17,18)19)14(20,21)28-7-3-1-6(2-4-7)23-9(25)5-8-10(26)24-11(22)27-8/h1-4,8H,5H2,(H,23,25)(H2,22,24,26)/t8-/m1/s1. The minimum atomic E-state index is -6.42. The number of carbonyl (C=O) groups excluding carboxylic acids is 2. The minimum absolute atomic E-state index is 0.0146. The Hall–Kier alpha value is -1.96. The van der Waals surface area contributed by atoms with Crippen molar-refractivity contribution >= 4 is 46.2 Å². The number of nitrogens with zero attached hydrogens (tertiary/aromatic N) is 1. The third-order valence-corrected chi connectivity index (χ3v) is 5.24. The second-order valence-corrected chi connectivity index (χ2v) is 7.77. The third kappa shape index (κ3) is 4.90. The molecule has 0 aliphatic carbocycles. The maximum Gasteiger partial charge on any atom is 0.460 e. The summed E-state index contributed by atoms with van der Waals surface area (Å²) in [6.07, 6.45) is -6.69. The molecular weight excluding hydrogens is 439 g/mol. The van der Waals surface area contributed by atoms with Gasteiger partial charge in [0.15, 0.2) is 5.17 Å². The monoisotopic (exact) mass is 449 g/mol. The summed E-state index contributed by atoms with van der Waals surface area (Å²) in [4.78, 5) is 26.1. The summed E-state index contributed by atoms with van der Waals surface area (Å²) in [6, 6.07) is 3.77. The van der Waals surface area contributed by atoms with Crippen LogP contribution in [0.2, 0.25) is 0 Å². The number of amidine groups is 1. The molecule has 1 atom stereocenters. The predicted molar refractivity (Wildman–Crippen MR) is 89.5 cm³/mol. The highest BCUT2D eigenvalue weighted by Gasteiger charge is 2.73. The molecule has 1 aromatic carbocycles. The molecule has 0 radical (unpaired) electrons. The highest BCUT2D eigenvalue weighted by atomic mass is 32.2. The van der Waals surface area contributed by atoms with E-state index in [-0.39, 0.29) is 17.3 Å². The number of amides is 2. The van der Waals surface area contributed by atoms with Crippen molar-refractivity contribution in [3.05, 3.63) is 24.3 Å². The molecule has 0 saturated carbocycles. The first kappa shape index (κ1) is 22.3. The first-order valence-electron chi connectivity index (χ1n) is 7.19. The Morgan fingerprint density at radius 3 is 2.18 bits per heavy atom. The summed E-state index contributed by atoms with van der Waals surface area (Å²) in [5.41, 5.74) is 5.40. The van der Waals surface area contributed by atoms with Crippen LogP contribution >= 0.6 is 23.5 Å². The molecule has 28 heavy (non-hydrogen) atoms. The summed E-state index contributed by atoms with van der Waals surface area (Å²) in [6.45, 7) is 0. The lowest BCUT2D eigenvalue weighted by Crippen LogP contribution is -2.49. The molecular formula is C14H10F7N3O2S2. The van der Waals surface area contributed by atoms with Gasteiger partial charge in [0, 0.05) is 17.0 Å². The number of halogens is 7. The van der Waals surface area contributed by atoms with E-state index >= 15 is 0 Å². The highest BCUT2D eigenvalue weighted by molar-refractivity contribution is 8.15. The van der Waals surface area contributed by atoms with Gasteiger partial charge in [-0.3, -0.25) is 9.59 Å². The number of carbonyl (C=O) groups is 2. The van der Waals surface area contributed by atoms with Crippen LogP contribution in [0.4, 0.5) is 36.4 Å². The van der Waals surface area contributed by atoms with E-state index in [2.05, 4.69) is 10.3 Å². The van der Waals surface area contributed by atoms with Crippen LogP contribution in [0.15, 0.2) is 34.2 Å². The molecule has 1 aliphatic heterocycles. The van der Waals surface area contributed by atoms with E-state index < -0.39 is 51.1 Å². The molecule has 0 fully saturated rings. The smallest absolute Gasteiger partial charge is 0.378 e. The summed E-state index contributed by atoms with van der Waals surface area (Å²) in [5.74, 6) is -7.45. The van der Waals surface area contributed by atoms with Gasteiger partial charge in [-0.05, 0) is 36.0 Å². The number of benzene rings is 1. The molecule has 0 aromatic heterocycles. The largest absolute Gasteiger partial charge is 0.460 e. The number of alkyl halides is 7. The Morgan fingerprint density at radius 1 is 1.14 bits per heavy atom. The van der Waals surface area contributed by atoms with Gasteiger partial charge in [-0.15, -0.1) is 0 Å². The third-order valence-electron chi connectivity index (χ3n) is 3.24. The lowest BCUT2D eigenvalue weighted by molar-refractivity contribution is -0.330. The molecule has 0 spiro atoms. The Bertz CT molecular complexity index is 797. The van der Waals surface area contributed by atoms with Gasteiger partial charge < -0.3 is 11.1 Å². The average molecular weight is 449 g/mol. The zero-order chi connectivity index (χ0) is 21.3. The normalized spacial score (nSPS) is 18.2. The van der Waals surface area contributed by atoms with Crippen molar-refractivity contribution < 1.29 is 40.3 Å². The molecule has 3 N–H and O–H groups in total. The molecule has 5 nitrogen and oxygen atoms in total. The molecule has 1 heterocycles. The van der Waals surface area contributed by atoms with E-state index in [9.17, 15) is 40.3 Å². The van der Waals surface area contributed by atoms with Gasteiger partial charge in [0.25, 0.3) is 5.91 Å². The molecule has 0 unspecified atom stereocenters. The molecule has 0 bridgehead atoms. The zero-order valence-electron chi connectivity index (χ0n) is 13.4. The van der Waals surface area contributed by atoms with Crippen molar-refractivity contribution in [1.82, 2.24) is 0 Å². The van der Waals surface area contributed by atoms with Crippen LogP contribution in [-0.4, -0.2) is 39.6 Å². The second-order valence-electron chi connectivity index (χ2n) is 5.36. The fourth-order valence-electron chi connectivity index (χ4n) is 1.90. The maximum absolute atomic E-state index is 13.4. The summed E-state index contributed by atoms with van der Waals surface area (Å²) in [5, 5.41) is -3.90. The number of thioether (sulfide) groups is 2. The molecule has 2 amide bonds. The summed E-state index contributed by atoms with van der Waals surface area (Å²) < 4.78 is 88.9. The van der Waals surface area contributed by atoms with E-state index in [1.165, 1.54) is 0 Å². The highest BCUT2D eigenvalue weighted by Crippen LogP contribution is 2.53. The summed E-state index contributed by atoms with van der Waals surface area (Å²) in [7, 11) is 0. The zero-order valence-corrected chi connectivity index (χ0v) is 15.0. The quantitative estimate of drug-likeness (QED) is 0.509. The Labute approximate surface area is 161 Å². The Balaban J connectivity index is 1.98. The minimum Gasteiger partial charge on any atom is -0.378 e. The van der Waals surface area contributed by atoms with Crippen LogP contribution in [0.3, 0.4) is 0 Å². The summed E-state index contributed by atoms with van der Waals surface area (Å²) >= 11 is -0.0658. The van der Waals surface area contributed by atoms with Gasteiger partial charge in [0.05, 0.1) is 0 Å². The second kappa shape index (κ2) is 7.81. The van der Waals surface area contributed by atoms with Gasteiger partial charge in [-0.1, -0.05) is 11.8 Å². The van der Waals surface area contributed by atoms with E-state index in [0.29, 0.717) is 0 Å². The number of anilines is 1. The van der Waals surface area contributed by atoms with E-state index in [0.717, 1.165) is 36.0 Å². The Kier molecular flexibility index (Phi) is 6.23. The number of hydrogen-bond acceptors (Lipinski definition) is 5. The molecule has 2 rings (SSSR count). The lowest BCUT2D eigenvalue weighted by atomic mass is 10.2. The van der Waals surface area contributed by atoms with Gasteiger partial charge in [0.2, 0.25) is 5.91 Å². The van der Waals surface area contributed by atoms with Crippen LogP contribution in [-0.2, 0) is 9.59 Å². The number of rotatable bonds is 6. The fraction of sp³-hybridized carbons (Fsp3) is 0.357. The number of aliphatic imine (C=N–C) groups is 1. The van der Waals surface area contributed by atoms with Crippen molar-refractivity contribution in [3.63, 3.8) is 0 Å². The van der Waals surface area contributed by atoms with Crippen molar-refractivity contribution in [1.29, 1.82) is 0 Å². The van der Waals surface area contributed by atoms with Crippen LogP contribution in [0, 0.1) is 0 Å².